The monoisotopic (exact) mass is 314 g/mol. The molecule has 22 heavy (non-hydrogen) atoms. The Morgan fingerprint density at radius 2 is 1.95 bits per heavy atom. The Morgan fingerprint density at radius 1 is 1.32 bits per heavy atom. The molecular formula is C16H30N2O4. The number of aliphatic hydroxyl groups is 1. The van der Waals surface area contributed by atoms with Crippen LogP contribution in [0.1, 0.15) is 52.9 Å². The van der Waals surface area contributed by atoms with E-state index in [0.29, 0.717) is 13.0 Å². The highest BCUT2D eigenvalue weighted by Gasteiger charge is 2.40. The second-order valence-corrected chi connectivity index (χ2v) is 7.79. The van der Waals surface area contributed by atoms with Gasteiger partial charge in [0.25, 0.3) is 0 Å². The van der Waals surface area contributed by atoms with Gasteiger partial charge in [0.15, 0.2) is 0 Å². The number of carboxylic acids is 1. The number of carbonyl (C=O) groups is 2. The molecule has 1 rings (SSSR count). The Morgan fingerprint density at radius 3 is 2.45 bits per heavy atom. The second kappa shape index (κ2) is 7.42. The molecule has 0 radical (unpaired) electrons. The summed E-state index contributed by atoms with van der Waals surface area (Å²) in [4.78, 5) is 23.3. The van der Waals surface area contributed by atoms with Crippen LogP contribution in [-0.4, -0.2) is 41.3 Å². The Balaban J connectivity index is 2.62. The number of hydrogen-bond donors (Lipinski definition) is 4. The normalized spacial score (nSPS) is 28.9. The molecule has 5 N–H and O–H groups in total. The number of aliphatic carboxylic acids is 1. The fourth-order valence-corrected chi connectivity index (χ4v) is 3.94. The molecule has 0 spiro atoms. The fraction of sp³-hybridized carbons (Fsp3) is 0.875. The van der Waals surface area contributed by atoms with Crippen molar-refractivity contribution in [3.8, 4) is 0 Å². The van der Waals surface area contributed by atoms with Gasteiger partial charge < -0.3 is 21.3 Å². The van der Waals surface area contributed by atoms with Crippen LogP contribution >= 0.6 is 0 Å². The van der Waals surface area contributed by atoms with Crippen molar-refractivity contribution in [3.63, 3.8) is 0 Å². The highest BCUT2D eigenvalue weighted by Crippen LogP contribution is 2.45. The van der Waals surface area contributed by atoms with Crippen LogP contribution < -0.4 is 11.1 Å². The van der Waals surface area contributed by atoms with Gasteiger partial charge in [0, 0.05) is 19.2 Å². The molecule has 0 heterocycles. The molecule has 0 bridgehead atoms. The first-order valence-electron chi connectivity index (χ1n) is 7.95. The molecule has 3 atom stereocenters. The zero-order valence-electron chi connectivity index (χ0n) is 13.9. The number of carboxylic acid groups (broad SMARTS) is 1. The minimum atomic E-state index is -1.14. The molecule has 1 aliphatic carbocycles. The maximum absolute atomic E-state index is 12.1. The molecule has 1 saturated carbocycles. The average molecular weight is 314 g/mol. The van der Waals surface area contributed by atoms with Gasteiger partial charge in [-0.1, -0.05) is 20.8 Å². The molecule has 0 saturated heterocycles. The van der Waals surface area contributed by atoms with Gasteiger partial charge in [0.05, 0.1) is 0 Å². The van der Waals surface area contributed by atoms with Crippen LogP contribution in [0, 0.1) is 16.7 Å². The molecule has 6 nitrogen and oxygen atoms in total. The highest BCUT2D eigenvalue weighted by molar-refractivity contribution is 5.96. The molecule has 6 heteroatoms. The van der Waals surface area contributed by atoms with Crippen LogP contribution in [0.2, 0.25) is 0 Å². The number of nitrogens with two attached hydrogens (primary N) is 1. The maximum Gasteiger partial charge on any atom is 0.316 e. The number of aliphatic hydroxyl groups excluding tert-OH is 1. The van der Waals surface area contributed by atoms with Gasteiger partial charge in [0.2, 0.25) is 5.91 Å². The topological polar surface area (TPSA) is 113 Å². The van der Waals surface area contributed by atoms with Crippen molar-refractivity contribution in [3.05, 3.63) is 0 Å². The Hall–Kier alpha value is -1.14. The predicted octanol–water partition coefficient (Wildman–Crippen LogP) is 1.12. The SMILES string of the molecule is CC1(C)CC(N)CC(C)(CNC(=O)C(CCCO)C(=O)O)C1. The largest absolute Gasteiger partial charge is 0.481 e. The van der Waals surface area contributed by atoms with E-state index in [-0.39, 0.29) is 29.9 Å². The van der Waals surface area contributed by atoms with Gasteiger partial charge in [-0.05, 0) is 42.9 Å². The van der Waals surface area contributed by atoms with Crippen LogP contribution in [-0.2, 0) is 9.59 Å². The summed E-state index contributed by atoms with van der Waals surface area (Å²) in [6.07, 6.45) is 3.19. The second-order valence-electron chi connectivity index (χ2n) is 7.79. The first-order chi connectivity index (χ1) is 10.1. The third-order valence-corrected chi connectivity index (χ3v) is 4.43. The zero-order valence-corrected chi connectivity index (χ0v) is 13.9. The Bertz CT molecular complexity index is 411. The zero-order chi connectivity index (χ0) is 17.0. The summed E-state index contributed by atoms with van der Waals surface area (Å²) in [6, 6.07) is 0.107. The summed E-state index contributed by atoms with van der Waals surface area (Å²) in [5.41, 5.74) is 6.14. The molecule has 0 aromatic rings. The van der Waals surface area contributed by atoms with E-state index in [0.717, 1.165) is 19.3 Å². The lowest BCUT2D eigenvalue weighted by Crippen LogP contribution is -2.48. The molecular weight excluding hydrogens is 284 g/mol. The van der Waals surface area contributed by atoms with Crippen LogP contribution in [0.4, 0.5) is 0 Å². The number of carbonyl (C=O) groups excluding carboxylic acids is 1. The van der Waals surface area contributed by atoms with Crippen molar-refractivity contribution >= 4 is 11.9 Å². The number of amides is 1. The average Bonchev–Trinajstić information content (AvgIpc) is 2.33. The third-order valence-electron chi connectivity index (χ3n) is 4.43. The van der Waals surface area contributed by atoms with Crippen molar-refractivity contribution in [1.82, 2.24) is 5.32 Å². The van der Waals surface area contributed by atoms with Gasteiger partial charge >= 0.3 is 5.97 Å². The lowest BCUT2D eigenvalue weighted by Gasteiger charge is -2.45. The molecule has 3 unspecified atom stereocenters. The van der Waals surface area contributed by atoms with Gasteiger partial charge in [0.1, 0.15) is 5.92 Å². The standard InChI is InChI=1S/C16H30N2O4/c1-15(2)7-11(17)8-16(3,9-15)10-18-13(20)12(14(21)22)5-4-6-19/h11-12,19H,4-10,17H2,1-3H3,(H,18,20)(H,21,22). The summed E-state index contributed by atoms with van der Waals surface area (Å²) >= 11 is 0. The molecule has 0 aromatic heterocycles. The molecule has 1 aliphatic rings. The van der Waals surface area contributed by atoms with Crippen LogP contribution in [0.5, 0.6) is 0 Å². The van der Waals surface area contributed by atoms with E-state index in [1.807, 2.05) is 0 Å². The molecule has 128 valence electrons. The van der Waals surface area contributed by atoms with E-state index in [1.54, 1.807) is 0 Å². The van der Waals surface area contributed by atoms with E-state index < -0.39 is 17.8 Å². The summed E-state index contributed by atoms with van der Waals surface area (Å²) in [6.45, 7) is 6.77. The van der Waals surface area contributed by atoms with Crippen molar-refractivity contribution in [2.45, 2.75) is 58.9 Å². The minimum Gasteiger partial charge on any atom is -0.481 e. The number of rotatable bonds is 7. The smallest absolute Gasteiger partial charge is 0.316 e. The van der Waals surface area contributed by atoms with Crippen molar-refractivity contribution in [2.24, 2.45) is 22.5 Å². The lowest BCUT2D eigenvalue weighted by atomic mass is 9.63. The maximum atomic E-state index is 12.1. The summed E-state index contributed by atoms with van der Waals surface area (Å²) in [5, 5.41) is 20.7. The summed E-state index contributed by atoms with van der Waals surface area (Å²) in [7, 11) is 0. The Labute approximate surface area is 132 Å². The number of hydrogen-bond acceptors (Lipinski definition) is 4. The fourth-order valence-electron chi connectivity index (χ4n) is 3.94. The summed E-state index contributed by atoms with van der Waals surface area (Å²) < 4.78 is 0. The lowest BCUT2D eigenvalue weighted by molar-refractivity contribution is -0.147. The Kier molecular flexibility index (Phi) is 6.38. The molecule has 0 aromatic carbocycles. The van der Waals surface area contributed by atoms with Gasteiger partial charge in [-0.25, -0.2) is 0 Å². The van der Waals surface area contributed by atoms with Crippen LogP contribution in [0.25, 0.3) is 0 Å². The van der Waals surface area contributed by atoms with E-state index in [2.05, 4.69) is 26.1 Å². The highest BCUT2D eigenvalue weighted by atomic mass is 16.4. The van der Waals surface area contributed by atoms with E-state index in [9.17, 15) is 9.59 Å². The van der Waals surface area contributed by atoms with E-state index in [4.69, 9.17) is 15.9 Å². The minimum absolute atomic E-state index is 0.107. The molecule has 0 aliphatic heterocycles. The van der Waals surface area contributed by atoms with Gasteiger partial charge in [-0.2, -0.15) is 0 Å². The molecule has 1 fully saturated rings. The first-order valence-corrected chi connectivity index (χ1v) is 7.95. The first kappa shape index (κ1) is 18.9. The van der Waals surface area contributed by atoms with E-state index >= 15 is 0 Å². The molecule has 1 amide bonds. The third kappa shape index (κ3) is 5.57. The quantitative estimate of drug-likeness (QED) is 0.526. The predicted molar refractivity (Wildman–Crippen MR) is 84.2 cm³/mol. The van der Waals surface area contributed by atoms with Crippen molar-refractivity contribution in [2.75, 3.05) is 13.2 Å². The van der Waals surface area contributed by atoms with E-state index in [1.165, 1.54) is 0 Å². The van der Waals surface area contributed by atoms with Gasteiger partial charge in [-0.15, -0.1) is 0 Å². The van der Waals surface area contributed by atoms with Crippen LogP contribution in [0.3, 0.4) is 0 Å². The van der Waals surface area contributed by atoms with Gasteiger partial charge in [-0.3, -0.25) is 9.59 Å². The van der Waals surface area contributed by atoms with Crippen LogP contribution in [0.15, 0.2) is 0 Å². The number of nitrogens with one attached hydrogen (secondary N) is 1. The van der Waals surface area contributed by atoms with Crippen molar-refractivity contribution < 1.29 is 19.8 Å². The van der Waals surface area contributed by atoms with Crippen molar-refractivity contribution in [1.29, 1.82) is 0 Å². The summed E-state index contributed by atoms with van der Waals surface area (Å²) in [5.74, 6) is -2.71.